The quantitative estimate of drug-likeness (QED) is 0.164. The number of benzene rings is 4. The molecule has 7 aromatic rings. The molecule has 0 aliphatic heterocycles. The SMILES string of the molecule is CNC(=O)c1c(-c2ccc(F)cc2)oc2cc(N(Cc3cccnc3)S(C)(=O)=O)c(-c3ccc(OC)c(-c4nc5c(F)cccc5o4)c3)cc12. The first-order valence-corrected chi connectivity index (χ1v) is 17.1. The van der Waals surface area contributed by atoms with E-state index in [-0.39, 0.29) is 46.1 Å². The van der Waals surface area contributed by atoms with Gasteiger partial charge in [0.2, 0.25) is 15.9 Å². The Morgan fingerprint density at radius 3 is 2.38 bits per heavy atom. The fourth-order valence-electron chi connectivity index (χ4n) is 5.84. The van der Waals surface area contributed by atoms with Gasteiger partial charge in [0, 0.05) is 42.0 Å². The molecule has 3 aromatic heterocycles. The molecule has 0 bridgehead atoms. The number of oxazole rings is 1. The Hall–Kier alpha value is -6.08. The second kappa shape index (κ2) is 12.7. The van der Waals surface area contributed by atoms with Gasteiger partial charge in [0.1, 0.15) is 28.4 Å². The largest absolute Gasteiger partial charge is 0.496 e. The maximum absolute atomic E-state index is 14.6. The van der Waals surface area contributed by atoms with Gasteiger partial charge in [0.05, 0.1) is 36.7 Å². The smallest absolute Gasteiger partial charge is 0.255 e. The highest BCUT2D eigenvalue weighted by Gasteiger charge is 2.28. The minimum Gasteiger partial charge on any atom is -0.496 e. The monoisotopic (exact) mass is 694 g/mol. The number of anilines is 1. The molecule has 0 radical (unpaired) electrons. The van der Waals surface area contributed by atoms with Gasteiger partial charge in [-0.05, 0) is 71.8 Å². The summed E-state index contributed by atoms with van der Waals surface area (Å²) in [6.45, 7) is -0.0770. The average Bonchev–Trinajstić information content (AvgIpc) is 3.72. The van der Waals surface area contributed by atoms with E-state index in [9.17, 15) is 22.0 Å². The van der Waals surface area contributed by atoms with Crippen LogP contribution in [0, 0.1) is 11.6 Å². The molecule has 0 saturated heterocycles. The minimum absolute atomic E-state index is 0.0405. The van der Waals surface area contributed by atoms with E-state index in [2.05, 4.69) is 15.3 Å². The Labute approximate surface area is 285 Å². The van der Waals surface area contributed by atoms with Crippen molar-refractivity contribution in [2.45, 2.75) is 6.54 Å². The molecule has 0 aliphatic carbocycles. The van der Waals surface area contributed by atoms with E-state index in [4.69, 9.17) is 13.6 Å². The number of sulfonamides is 1. The number of methoxy groups -OCH3 is 1. The number of aromatic nitrogens is 2. The van der Waals surface area contributed by atoms with E-state index < -0.39 is 27.6 Å². The summed E-state index contributed by atoms with van der Waals surface area (Å²) in [7, 11) is -1.00. The second-order valence-electron chi connectivity index (χ2n) is 11.4. The third-order valence-electron chi connectivity index (χ3n) is 8.20. The molecule has 252 valence electrons. The van der Waals surface area contributed by atoms with Crippen LogP contribution in [0.25, 0.3) is 56.0 Å². The van der Waals surface area contributed by atoms with Gasteiger partial charge in [0.25, 0.3) is 5.91 Å². The molecule has 10 nitrogen and oxygen atoms in total. The topological polar surface area (TPSA) is 128 Å². The molecule has 1 N–H and O–H groups in total. The molecule has 4 aromatic carbocycles. The van der Waals surface area contributed by atoms with Crippen LogP contribution in [0.3, 0.4) is 0 Å². The number of amides is 1. The van der Waals surface area contributed by atoms with Gasteiger partial charge in [-0.1, -0.05) is 18.2 Å². The van der Waals surface area contributed by atoms with Crippen molar-refractivity contribution in [3.63, 3.8) is 0 Å². The Morgan fingerprint density at radius 2 is 1.70 bits per heavy atom. The second-order valence-corrected chi connectivity index (χ2v) is 13.3. The molecule has 50 heavy (non-hydrogen) atoms. The summed E-state index contributed by atoms with van der Waals surface area (Å²) in [5.74, 6) is -0.878. The van der Waals surface area contributed by atoms with Crippen LogP contribution in [0.1, 0.15) is 15.9 Å². The number of pyridine rings is 1. The number of nitrogens with zero attached hydrogens (tertiary/aromatic N) is 3. The molecule has 0 spiro atoms. The van der Waals surface area contributed by atoms with Gasteiger partial charge >= 0.3 is 0 Å². The van der Waals surface area contributed by atoms with E-state index in [1.807, 2.05) is 0 Å². The predicted molar refractivity (Wildman–Crippen MR) is 185 cm³/mol. The van der Waals surface area contributed by atoms with Gasteiger partial charge in [-0.3, -0.25) is 14.1 Å². The number of hydrogen-bond acceptors (Lipinski definition) is 8. The average molecular weight is 695 g/mol. The summed E-state index contributed by atoms with van der Waals surface area (Å²) >= 11 is 0. The van der Waals surface area contributed by atoms with Crippen molar-refractivity contribution in [3.05, 3.63) is 120 Å². The van der Waals surface area contributed by atoms with Gasteiger partial charge in [0.15, 0.2) is 11.4 Å². The highest BCUT2D eigenvalue weighted by molar-refractivity contribution is 7.92. The molecule has 0 aliphatic rings. The molecule has 0 unspecified atom stereocenters. The number of para-hydroxylation sites is 1. The molecule has 3 heterocycles. The van der Waals surface area contributed by atoms with Crippen molar-refractivity contribution >= 4 is 43.7 Å². The van der Waals surface area contributed by atoms with Crippen LogP contribution in [0.5, 0.6) is 5.75 Å². The Bertz CT molecular complexity index is 2520. The molecule has 0 atom stereocenters. The standard InChI is InChI=1S/C37H28F2N4O6S/c1-40-36(44)33-26-17-25(23-11-14-30(47-2)27(16-23)37-42-34-28(39)7-4-8-31(34)49-37)29(43(50(3,45)46)20-21-6-5-15-41-19-21)18-32(26)48-35(33)22-9-12-24(38)13-10-22/h4-19H,20H2,1-3H3,(H,40,44). The van der Waals surface area contributed by atoms with Gasteiger partial charge in [-0.2, -0.15) is 0 Å². The number of fused-ring (bicyclic) bond motifs is 2. The van der Waals surface area contributed by atoms with Crippen molar-refractivity contribution in [2.24, 2.45) is 0 Å². The number of rotatable bonds is 9. The third kappa shape index (κ3) is 5.92. The van der Waals surface area contributed by atoms with Gasteiger partial charge in [-0.25, -0.2) is 22.2 Å². The van der Waals surface area contributed by atoms with Crippen molar-refractivity contribution < 1.29 is 35.6 Å². The van der Waals surface area contributed by atoms with Crippen LogP contribution in [-0.4, -0.2) is 44.7 Å². The minimum atomic E-state index is -3.95. The third-order valence-corrected chi connectivity index (χ3v) is 9.32. The lowest BCUT2D eigenvalue weighted by Crippen LogP contribution is -2.29. The van der Waals surface area contributed by atoms with Crippen molar-refractivity contribution in [3.8, 4) is 39.7 Å². The van der Waals surface area contributed by atoms with Crippen molar-refractivity contribution in [2.75, 3.05) is 24.7 Å². The molecule has 13 heteroatoms. The van der Waals surface area contributed by atoms with Crippen LogP contribution in [0.4, 0.5) is 14.5 Å². The van der Waals surface area contributed by atoms with Gasteiger partial charge in [-0.15, -0.1) is 0 Å². The van der Waals surface area contributed by atoms with Crippen LogP contribution in [0.2, 0.25) is 0 Å². The zero-order chi connectivity index (χ0) is 35.2. The summed E-state index contributed by atoms with van der Waals surface area (Å²) in [6.07, 6.45) is 4.24. The maximum Gasteiger partial charge on any atom is 0.255 e. The highest BCUT2D eigenvalue weighted by atomic mass is 32.2. The van der Waals surface area contributed by atoms with E-state index in [1.165, 1.54) is 54.9 Å². The summed E-state index contributed by atoms with van der Waals surface area (Å²) in [5.41, 5.74) is 3.20. The van der Waals surface area contributed by atoms with Gasteiger partial charge < -0.3 is 18.9 Å². The first kappa shape index (κ1) is 32.5. The summed E-state index contributed by atoms with van der Waals surface area (Å²) < 4.78 is 74.6. The lowest BCUT2D eigenvalue weighted by molar-refractivity contribution is 0.0964. The molecule has 1 amide bonds. The first-order chi connectivity index (χ1) is 24.0. The number of hydrogen-bond donors (Lipinski definition) is 1. The Balaban J connectivity index is 1.52. The fraction of sp³-hybridized carbons (Fsp3) is 0.108. The van der Waals surface area contributed by atoms with Crippen molar-refractivity contribution in [1.29, 1.82) is 0 Å². The summed E-state index contributed by atoms with van der Waals surface area (Å²) in [4.78, 5) is 22.0. The van der Waals surface area contributed by atoms with E-state index in [0.717, 1.165) is 6.26 Å². The molecular weight excluding hydrogens is 666 g/mol. The first-order valence-electron chi connectivity index (χ1n) is 15.2. The fourth-order valence-corrected chi connectivity index (χ4v) is 6.73. The summed E-state index contributed by atoms with van der Waals surface area (Å²) in [5, 5.41) is 3.02. The van der Waals surface area contributed by atoms with Crippen LogP contribution in [-0.2, 0) is 16.6 Å². The predicted octanol–water partition coefficient (Wildman–Crippen LogP) is 7.58. The van der Waals surface area contributed by atoms with Crippen LogP contribution in [0.15, 0.2) is 106 Å². The molecular formula is C37H28F2N4O6S. The number of ether oxygens (including phenoxy) is 1. The molecule has 7 rings (SSSR count). The number of furan rings is 1. The number of carbonyl (C=O) groups is 1. The Morgan fingerprint density at radius 1 is 0.920 bits per heavy atom. The van der Waals surface area contributed by atoms with E-state index in [1.54, 1.807) is 60.9 Å². The van der Waals surface area contributed by atoms with Crippen LogP contribution >= 0.6 is 0 Å². The number of carbonyl (C=O) groups excluding carboxylic acids is 1. The molecule has 0 saturated carbocycles. The highest BCUT2D eigenvalue weighted by Crippen LogP contribution is 2.44. The maximum atomic E-state index is 14.6. The van der Waals surface area contributed by atoms with E-state index in [0.29, 0.717) is 39.0 Å². The lowest BCUT2D eigenvalue weighted by Gasteiger charge is -2.25. The number of nitrogens with one attached hydrogen (secondary N) is 1. The Kier molecular flexibility index (Phi) is 8.28. The summed E-state index contributed by atoms with van der Waals surface area (Å²) in [6, 6.07) is 21.6. The number of halogens is 2. The lowest BCUT2D eigenvalue weighted by atomic mass is 9.96. The molecule has 0 fully saturated rings. The zero-order valence-electron chi connectivity index (χ0n) is 26.9. The van der Waals surface area contributed by atoms with Crippen LogP contribution < -0.4 is 14.4 Å². The van der Waals surface area contributed by atoms with Crippen molar-refractivity contribution in [1.82, 2.24) is 15.3 Å². The van der Waals surface area contributed by atoms with E-state index >= 15 is 0 Å². The zero-order valence-corrected chi connectivity index (χ0v) is 27.7. The normalized spacial score (nSPS) is 11.6.